The fourth-order valence-corrected chi connectivity index (χ4v) is 3.23. The van der Waals surface area contributed by atoms with Crippen molar-refractivity contribution in [1.82, 2.24) is 19.9 Å². The summed E-state index contributed by atoms with van der Waals surface area (Å²) in [5.41, 5.74) is 4.65. The Bertz CT molecular complexity index is 692. The molecule has 1 amide bonds. The maximum absolute atomic E-state index is 12.7. The molecule has 22 heavy (non-hydrogen) atoms. The number of likely N-dealkylation sites (tertiary alicyclic amines) is 1. The molecule has 0 spiro atoms. The summed E-state index contributed by atoms with van der Waals surface area (Å²) in [4.78, 5) is 14.7. The molecule has 1 saturated heterocycles. The average molecular weight is 298 g/mol. The van der Waals surface area contributed by atoms with Gasteiger partial charge in [-0.1, -0.05) is 29.0 Å². The van der Waals surface area contributed by atoms with Gasteiger partial charge in [-0.15, -0.1) is 5.10 Å². The molecule has 1 unspecified atom stereocenters. The highest BCUT2D eigenvalue weighted by molar-refractivity contribution is 5.79. The Hall–Kier alpha value is -2.17. The van der Waals surface area contributed by atoms with E-state index in [-0.39, 0.29) is 11.9 Å². The Morgan fingerprint density at radius 3 is 2.91 bits per heavy atom. The van der Waals surface area contributed by atoms with Crippen molar-refractivity contribution in [3.05, 3.63) is 46.8 Å². The monoisotopic (exact) mass is 298 g/mol. The van der Waals surface area contributed by atoms with Gasteiger partial charge in [0.25, 0.3) is 0 Å². The number of amides is 1. The predicted molar refractivity (Wildman–Crippen MR) is 84.3 cm³/mol. The highest BCUT2D eigenvalue weighted by Crippen LogP contribution is 2.34. The third-order valence-electron chi connectivity index (χ3n) is 4.51. The lowest BCUT2D eigenvalue weighted by Gasteiger charge is -2.26. The second kappa shape index (κ2) is 5.91. The summed E-state index contributed by atoms with van der Waals surface area (Å²) in [6.45, 7) is 5.06. The first-order valence-electron chi connectivity index (χ1n) is 7.76. The fourth-order valence-electron chi connectivity index (χ4n) is 3.23. The Balaban J connectivity index is 1.82. The van der Waals surface area contributed by atoms with Gasteiger partial charge < -0.3 is 4.90 Å². The molecule has 1 aliphatic heterocycles. The van der Waals surface area contributed by atoms with E-state index in [1.54, 1.807) is 10.9 Å². The average Bonchev–Trinajstić information content (AvgIpc) is 3.11. The van der Waals surface area contributed by atoms with Crippen LogP contribution in [0.2, 0.25) is 0 Å². The molecule has 2 aromatic rings. The third-order valence-corrected chi connectivity index (χ3v) is 4.51. The van der Waals surface area contributed by atoms with Crippen LogP contribution in [0.3, 0.4) is 0 Å². The first-order valence-corrected chi connectivity index (χ1v) is 7.76. The molecule has 5 nitrogen and oxygen atoms in total. The zero-order valence-corrected chi connectivity index (χ0v) is 13.4. The number of nitrogens with zero attached hydrogens (tertiary/aromatic N) is 4. The topological polar surface area (TPSA) is 51.0 Å². The molecule has 1 aromatic carbocycles. The van der Waals surface area contributed by atoms with Gasteiger partial charge in [0.15, 0.2) is 0 Å². The van der Waals surface area contributed by atoms with Gasteiger partial charge in [-0.3, -0.25) is 9.48 Å². The lowest BCUT2D eigenvalue weighted by molar-refractivity contribution is -0.131. The molecular weight excluding hydrogens is 276 g/mol. The molecule has 0 saturated carbocycles. The normalized spacial score (nSPS) is 18.0. The van der Waals surface area contributed by atoms with Crippen molar-refractivity contribution in [2.24, 2.45) is 7.05 Å². The highest BCUT2D eigenvalue weighted by atomic mass is 16.2. The number of benzene rings is 1. The minimum absolute atomic E-state index is 0.161. The van der Waals surface area contributed by atoms with Crippen LogP contribution in [0.15, 0.2) is 24.4 Å². The number of hydrogen-bond donors (Lipinski definition) is 0. The smallest absolute Gasteiger partial charge is 0.229 e. The standard InChI is InChI=1S/C17H22N4O/c1-12-6-7-13(2)15(9-12)16-5-4-8-21(16)17(22)10-14-11-18-19-20(14)3/h6-7,9,11,16H,4-5,8,10H2,1-3H3. The summed E-state index contributed by atoms with van der Waals surface area (Å²) in [7, 11) is 1.82. The number of aromatic nitrogens is 3. The van der Waals surface area contributed by atoms with Crippen LogP contribution < -0.4 is 0 Å². The minimum Gasteiger partial charge on any atom is -0.335 e. The second-order valence-electron chi connectivity index (χ2n) is 6.13. The van der Waals surface area contributed by atoms with Gasteiger partial charge in [-0.25, -0.2) is 0 Å². The molecule has 5 heteroatoms. The van der Waals surface area contributed by atoms with Crippen molar-refractivity contribution >= 4 is 5.91 Å². The van der Waals surface area contributed by atoms with Gasteiger partial charge in [0.2, 0.25) is 5.91 Å². The molecule has 116 valence electrons. The summed E-state index contributed by atoms with van der Waals surface area (Å²) in [6.07, 6.45) is 4.14. The number of carbonyl (C=O) groups excluding carboxylic acids is 1. The van der Waals surface area contributed by atoms with Gasteiger partial charge >= 0.3 is 0 Å². The van der Waals surface area contributed by atoms with Crippen LogP contribution >= 0.6 is 0 Å². The fraction of sp³-hybridized carbons (Fsp3) is 0.471. The maximum Gasteiger partial charge on any atom is 0.229 e. The van der Waals surface area contributed by atoms with E-state index in [1.165, 1.54) is 16.7 Å². The van der Waals surface area contributed by atoms with Crippen molar-refractivity contribution in [3.8, 4) is 0 Å². The van der Waals surface area contributed by atoms with E-state index in [1.807, 2.05) is 11.9 Å². The van der Waals surface area contributed by atoms with Crippen LogP contribution in [0, 0.1) is 13.8 Å². The zero-order chi connectivity index (χ0) is 15.7. The van der Waals surface area contributed by atoms with Crippen LogP contribution in [0.25, 0.3) is 0 Å². The molecule has 3 rings (SSSR count). The summed E-state index contributed by atoms with van der Waals surface area (Å²) in [5.74, 6) is 0.161. The van der Waals surface area contributed by atoms with E-state index < -0.39 is 0 Å². The summed E-state index contributed by atoms with van der Waals surface area (Å²) in [5, 5.41) is 7.74. The highest BCUT2D eigenvalue weighted by Gasteiger charge is 2.31. The first-order chi connectivity index (χ1) is 10.6. The van der Waals surface area contributed by atoms with Crippen LogP contribution in [0.1, 0.15) is 41.3 Å². The maximum atomic E-state index is 12.7. The van der Waals surface area contributed by atoms with Crippen LogP contribution in [-0.4, -0.2) is 32.3 Å². The van der Waals surface area contributed by atoms with Crippen LogP contribution in [0.5, 0.6) is 0 Å². The van der Waals surface area contributed by atoms with Gasteiger partial charge in [0.05, 0.1) is 24.4 Å². The molecule has 2 heterocycles. The Morgan fingerprint density at radius 2 is 2.18 bits per heavy atom. The Labute approximate surface area is 130 Å². The summed E-state index contributed by atoms with van der Waals surface area (Å²) < 4.78 is 1.67. The zero-order valence-electron chi connectivity index (χ0n) is 13.4. The van der Waals surface area contributed by atoms with Crippen molar-refractivity contribution < 1.29 is 4.79 Å². The molecule has 1 atom stereocenters. The third kappa shape index (κ3) is 2.75. The number of carbonyl (C=O) groups is 1. The predicted octanol–water partition coefficient (Wildman–Crippen LogP) is 2.34. The van der Waals surface area contributed by atoms with Crippen LogP contribution in [0.4, 0.5) is 0 Å². The second-order valence-corrected chi connectivity index (χ2v) is 6.13. The van der Waals surface area contributed by atoms with Gasteiger partial charge in [-0.05, 0) is 37.8 Å². The molecule has 1 fully saturated rings. The van der Waals surface area contributed by atoms with E-state index >= 15 is 0 Å². The van der Waals surface area contributed by atoms with Gasteiger partial charge in [0.1, 0.15) is 0 Å². The van der Waals surface area contributed by atoms with Crippen molar-refractivity contribution in [2.45, 2.75) is 39.2 Å². The molecule has 0 radical (unpaired) electrons. The van der Waals surface area contributed by atoms with Crippen molar-refractivity contribution in [2.75, 3.05) is 6.54 Å². The Kier molecular flexibility index (Phi) is 3.96. The van der Waals surface area contributed by atoms with Gasteiger partial charge in [0, 0.05) is 13.6 Å². The SMILES string of the molecule is Cc1ccc(C)c(C2CCCN2C(=O)Cc2cnnn2C)c1. The van der Waals surface area contributed by atoms with E-state index in [4.69, 9.17) is 0 Å². The lowest BCUT2D eigenvalue weighted by Crippen LogP contribution is -2.32. The van der Waals surface area contributed by atoms with E-state index in [2.05, 4.69) is 42.4 Å². The minimum atomic E-state index is 0.161. The lowest BCUT2D eigenvalue weighted by atomic mass is 9.97. The van der Waals surface area contributed by atoms with E-state index in [0.717, 1.165) is 25.1 Å². The molecule has 0 bridgehead atoms. The Morgan fingerprint density at radius 1 is 1.36 bits per heavy atom. The number of aryl methyl sites for hydroxylation is 3. The molecular formula is C17H22N4O. The molecule has 0 aliphatic carbocycles. The van der Waals surface area contributed by atoms with Gasteiger partial charge in [-0.2, -0.15) is 0 Å². The van der Waals surface area contributed by atoms with Crippen molar-refractivity contribution in [1.29, 1.82) is 0 Å². The number of rotatable bonds is 3. The molecule has 0 N–H and O–H groups in total. The molecule has 1 aliphatic rings. The summed E-state index contributed by atoms with van der Waals surface area (Å²) >= 11 is 0. The largest absolute Gasteiger partial charge is 0.335 e. The van der Waals surface area contributed by atoms with E-state index in [9.17, 15) is 4.79 Å². The number of hydrogen-bond acceptors (Lipinski definition) is 3. The quantitative estimate of drug-likeness (QED) is 0.874. The molecule has 1 aromatic heterocycles. The summed E-state index contributed by atoms with van der Waals surface area (Å²) in [6, 6.07) is 6.70. The first kappa shape index (κ1) is 14.8. The van der Waals surface area contributed by atoms with E-state index in [0.29, 0.717) is 6.42 Å². The van der Waals surface area contributed by atoms with Crippen molar-refractivity contribution in [3.63, 3.8) is 0 Å². The van der Waals surface area contributed by atoms with Crippen LogP contribution in [-0.2, 0) is 18.3 Å².